The molecule has 0 fully saturated rings. The van der Waals surface area contributed by atoms with Crippen molar-refractivity contribution in [2.24, 2.45) is 0 Å². The highest BCUT2D eigenvalue weighted by Gasteiger charge is 2.52. The van der Waals surface area contributed by atoms with Crippen LogP contribution in [0.5, 0.6) is 5.75 Å². The second-order valence-electron chi connectivity index (χ2n) is 8.60. The molecule has 1 atom stereocenters. The third-order valence-electron chi connectivity index (χ3n) is 6.57. The summed E-state index contributed by atoms with van der Waals surface area (Å²) < 4.78 is 0. The zero-order valence-corrected chi connectivity index (χ0v) is 18.6. The molecule has 0 bridgehead atoms. The summed E-state index contributed by atoms with van der Waals surface area (Å²) in [5.41, 5.74) is 4.24. The van der Waals surface area contributed by atoms with Gasteiger partial charge in [0, 0.05) is 11.1 Å². The summed E-state index contributed by atoms with van der Waals surface area (Å²) in [5.74, 6) is -0.555. The molecule has 164 valence electrons. The highest BCUT2D eigenvalue weighted by Crippen LogP contribution is 2.48. The number of rotatable bonds is 4. The minimum Gasteiger partial charge on any atom is -0.508 e. The van der Waals surface area contributed by atoms with E-state index in [0.717, 1.165) is 27.8 Å². The molecule has 4 nitrogen and oxygen atoms in total. The van der Waals surface area contributed by atoms with Crippen molar-refractivity contribution in [3.63, 3.8) is 0 Å². The lowest BCUT2D eigenvalue weighted by atomic mass is 9.85. The van der Waals surface area contributed by atoms with Gasteiger partial charge in [-0.15, -0.1) is 0 Å². The monoisotopic (exact) mass is 435 g/mol. The molecule has 4 heteroatoms. The number of para-hydroxylation sites is 1. The fourth-order valence-corrected chi connectivity index (χ4v) is 4.67. The first-order chi connectivity index (χ1) is 15.9. The number of aliphatic hydroxyl groups is 1. The van der Waals surface area contributed by atoms with Gasteiger partial charge >= 0.3 is 0 Å². The lowest BCUT2D eigenvalue weighted by Crippen LogP contribution is -2.41. The number of anilines is 1. The summed E-state index contributed by atoms with van der Waals surface area (Å²) >= 11 is 0. The Morgan fingerprint density at radius 3 is 2.21 bits per heavy atom. The van der Waals surface area contributed by atoms with E-state index in [9.17, 15) is 15.0 Å². The van der Waals surface area contributed by atoms with Crippen molar-refractivity contribution in [1.29, 1.82) is 0 Å². The van der Waals surface area contributed by atoms with E-state index < -0.39 is 11.5 Å². The van der Waals surface area contributed by atoms with E-state index in [2.05, 4.69) is 0 Å². The van der Waals surface area contributed by atoms with Gasteiger partial charge < -0.3 is 15.1 Å². The van der Waals surface area contributed by atoms with E-state index in [1.165, 1.54) is 0 Å². The van der Waals surface area contributed by atoms with Crippen LogP contribution in [0.4, 0.5) is 5.69 Å². The van der Waals surface area contributed by atoms with Crippen LogP contribution in [0.25, 0.3) is 11.1 Å². The van der Waals surface area contributed by atoms with E-state index in [-0.39, 0.29) is 11.3 Å². The van der Waals surface area contributed by atoms with E-state index in [4.69, 9.17) is 0 Å². The third kappa shape index (κ3) is 3.31. The summed E-state index contributed by atoms with van der Waals surface area (Å²) in [4.78, 5) is 15.5. The number of phenolic OH excluding ortho intramolecular Hbond substituents is 1. The molecule has 5 rings (SSSR count). The Kier molecular flexibility index (Phi) is 5.03. The van der Waals surface area contributed by atoms with E-state index in [1.54, 1.807) is 29.2 Å². The fourth-order valence-electron chi connectivity index (χ4n) is 4.67. The molecular formula is C29H25NO3. The van der Waals surface area contributed by atoms with Crippen molar-refractivity contribution in [2.45, 2.75) is 26.0 Å². The molecule has 0 aromatic heterocycles. The Balaban J connectivity index is 1.63. The zero-order valence-electron chi connectivity index (χ0n) is 18.6. The molecule has 2 N–H and O–H groups in total. The van der Waals surface area contributed by atoms with Crippen molar-refractivity contribution in [3.05, 3.63) is 119 Å². The Labute approximate surface area is 193 Å². The first-order valence-electron chi connectivity index (χ1n) is 11.0. The molecule has 0 saturated heterocycles. The number of amides is 1. The molecule has 1 aliphatic heterocycles. The molecule has 1 amide bonds. The molecular weight excluding hydrogens is 410 g/mol. The Bertz CT molecular complexity index is 1360. The highest BCUT2D eigenvalue weighted by atomic mass is 16.3. The predicted octanol–water partition coefficient (Wildman–Crippen LogP) is 5.46. The summed E-state index contributed by atoms with van der Waals surface area (Å²) in [6.45, 7) is 4.09. The molecule has 1 heterocycles. The van der Waals surface area contributed by atoms with Crippen LogP contribution in [0.3, 0.4) is 0 Å². The topological polar surface area (TPSA) is 60.8 Å². The molecule has 0 saturated carbocycles. The number of phenols is 1. The molecule has 0 spiro atoms. The molecule has 4 aromatic rings. The van der Waals surface area contributed by atoms with Crippen molar-refractivity contribution in [2.75, 3.05) is 4.90 Å². The number of benzene rings is 4. The number of nitrogens with zero attached hydrogens (tertiary/aromatic N) is 1. The van der Waals surface area contributed by atoms with Gasteiger partial charge in [0.1, 0.15) is 5.75 Å². The number of aryl methyl sites for hydroxylation is 2. The van der Waals surface area contributed by atoms with Crippen LogP contribution in [-0.4, -0.2) is 16.1 Å². The Morgan fingerprint density at radius 1 is 0.788 bits per heavy atom. The maximum absolute atomic E-state index is 13.9. The maximum atomic E-state index is 13.9. The van der Waals surface area contributed by atoms with Gasteiger partial charge in [-0.2, -0.15) is 0 Å². The predicted molar refractivity (Wildman–Crippen MR) is 130 cm³/mol. The number of hydrogen-bond donors (Lipinski definition) is 2. The summed E-state index contributed by atoms with van der Waals surface area (Å²) in [6.07, 6.45) is 0. The first kappa shape index (κ1) is 21.0. The van der Waals surface area contributed by atoms with Gasteiger partial charge in [-0.3, -0.25) is 4.79 Å². The highest BCUT2D eigenvalue weighted by molar-refractivity contribution is 6.09. The number of aromatic hydroxyl groups is 1. The average Bonchev–Trinajstić information content (AvgIpc) is 3.05. The Hall–Kier alpha value is -3.89. The summed E-state index contributed by atoms with van der Waals surface area (Å²) in [6, 6.07) is 28.6. The van der Waals surface area contributed by atoms with Gasteiger partial charge in [0.2, 0.25) is 0 Å². The van der Waals surface area contributed by atoms with Crippen LogP contribution in [-0.2, 0) is 16.9 Å². The van der Waals surface area contributed by atoms with Crippen LogP contribution < -0.4 is 4.90 Å². The fraction of sp³-hybridized carbons (Fsp3) is 0.138. The quantitative estimate of drug-likeness (QED) is 0.448. The SMILES string of the molecule is Cc1cc(O)c(C2(O)C(=O)N(Cc3ccccc3-c3ccccc3)c3ccccc32)cc1C. The lowest BCUT2D eigenvalue weighted by molar-refractivity contribution is -0.132. The smallest absolute Gasteiger partial charge is 0.268 e. The zero-order chi connectivity index (χ0) is 23.2. The average molecular weight is 436 g/mol. The van der Waals surface area contributed by atoms with E-state index >= 15 is 0 Å². The van der Waals surface area contributed by atoms with Crippen molar-refractivity contribution < 1.29 is 15.0 Å². The first-order valence-corrected chi connectivity index (χ1v) is 11.0. The molecule has 0 aliphatic carbocycles. The van der Waals surface area contributed by atoms with Gasteiger partial charge in [0.25, 0.3) is 5.91 Å². The van der Waals surface area contributed by atoms with Crippen LogP contribution in [0.2, 0.25) is 0 Å². The second-order valence-corrected chi connectivity index (χ2v) is 8.60. The van der Waals surface area contributed by atoms with Crippen LogP contribution in [0.15, 0.2) is 91.0 Å². The molecule has 1 unspecified atom stereocenters. The number of fused-ring (bicyclic) bond motifs is 1. The van der Waals surface area contributed by atoms with Gasteiger partial charge in [0.15, 0.2) is 5.60 Å². The van der Waals surface area contributed by atoms with Crippen LogP contribution in [0.1, 0.15) is 27.8 Å². The number of carbonyl (C=O) groups excluding carboxylic acids is 1. The van der Waals surface area contributed by atoms with E-state index in [1.807, 2.05) is 80.6 Å². The minimum atomic E-state index is -1.96. The lowest BCUT2D eigenvalue weighted by Gasteiger charge is -2.26. The number of carbonyl (C=O) groups is 1. The number of hydrogen-bond acceptors (Lipinski definition) is 3. The largest absolute Gasteiger partial charge is 0.508 e. The molecule has 33 heavy (non-hydrogen) atoms. The van der Waals surface area contributed by atoms with Crippen LogP contribution in [0, 0.1) is 13.8 Å². The van der Waals surface area contributed by atoms with Crippen molar-refractivity contribution in [1.82, 2.24) is 0 Å². The third-order valence-corrected chi connectivity index (χ3v) is 6.57. The molecule has 0 radical (unpaired) electrons. The second kappa shape index (κ2) is 7.91. The standard InChI is InChI=1S/C29H25NO3/c1-19-16-25(27(31)17-20(19)2)29(33)24-14-8-9-15-26(24)30(28(29)32)18-22-12-6-7-13-23(22)21-10-4-3-5-11-21/h3-17,31,33H,18H2,1-2H3. The minimum absolute atomic E-state index is 0.0877. The van der Waals surface area contributed by atoms with Gasteiger partial charge in [0.05, 0.1) is 12.2 Å². The Morgan fingerprint density at radius 2 is 1.42 bits per heavy atom. The van der Waals surface area contributed by atoms with E-state index in [0.29, 0.717) is 17.8 Å². The summed E-state index contributed by atoms with van der Waals surface area (Å²) in [7, 11) is 0. The van der Waals surface area contributed by atoms with Crippen molar-refractivity contribution in [3.8, 4) is 16.9 Å². The van der Waals surface area contributed by atoms with Crippen molar-refractivity contribution >= 4 is 11.6 Å². The molecule has 4 aromatic carbocycles. The maximum Gasteiger partial charge on any atom is 0.268 e. The summed E-state index contributed by atoms with van der Waals surface area (Å²) in [5, 5.41) is 22.6. The van der Waals surface area contributed by atoms with Gasteiger partial charge in [-0.05, 0) is 59.9 Å². The van der Waals surface area contributed by atoms with Crippen LogP contribution >= 0.6 is 0 Å². The van der Waals surface area contributed by atoms with Gasteiger partial charge in [-0.1, -0.05) is 72.8 Å². The normalized spacial score (nSPS) is 17.3. The molecule has 1 aliphatic rings. The van der Waals surface area contributed by atoms with Gasteiger partial charge in [-0.25, -0.2) is 0 Å².